The minimum absolute atomic E-state index is 0.377. The molecule has 0 aromatic carbocycles. The van der Waals surface area contributed by atoms with Gasteiger partial charge in [-0.2, -0.15) is 4.98 Å². The molecule has 0 aliphatic rings. The van der Waals surface area contributed by atoms with Crippen molar-refractivity contribution in [1.29, 1.82) is 0 Å². The van der Waals surface area contributed by atoms with Crippen LogP contribution in [0.1, 0.15) is 12.5 Å². The third-order valence-corrected chi connectivity index (χ3v) is 2.29. The molecule has 2 rings (SSSR count). The molecule has 0 radical (unpaired) electrons. The summed E-state index contributed by atoms with van der Waals surface area (Å²) in [5.74, 6) is 1.55. The van der Waals surface area contributed by atoms with Gasteiger partial charge in [-0.05, 0) is 31.5 Å². The topological polar surface area (TPSA) is 86.0 Å². The van der Waals surface area contributed by atoms with E-state index in [-0.39, 0.29) is 0 Å². The maximum atomic E-state index is 5.92. The molecule has 0 amide bonds. The second-order valence-corrected chi connectivity index (χ2v) is 3.72. The van der Waals surface area contributed by atoms with Gasteiger partial charge in [0.1, 0.15) is 17.8 Å². The highest BCUT2D eigenvalue weighted by molar-refractivity contribution is 5.70. The highest BCUT2D eigenvalue weighted by Gasteiger charge is 2.09. The Bertz CT molecular complexity index is 544. The molecule has 0 aliphatic carbocycles. The van der Waals surface area contributed by atoms with Gasteiger partial charge in [-0.3, -0.25) is 0 Å². The van der Waals surface area contributed by atoms with Crippen molar-refractivity contribution in [2.24, 2.45) is 0 Å². The van der Waals surface area contributed by atoms with Gasteiger partial charge in [-0.1, -0.05) is 0 Å². The largest absolute Gasteiger partial charge is 0.476 e. The summed E-state index contributed by atoms with van der Waals surface area (Å²) in [4.78, 5) is 12.2. The van der Waals surface area contributed by atoms with E-state index in [9.17, 15) is 0 Å². The van der Waals surface area contributed by atoms with Gasteiger partial charge >= 0.3 is 0 Å². The molecule has 94 valence electrons. The van der Waals surface area contributed by atoms with Gasteiger partial charge in [0.15, 0.2) is 5.82 Å². The van der Waals surface area contributed by atoms with E-state index < -0.39 is 0 Å². The molecule has 0 atom stereocenters. The molecule has 0 saturated heterocycles. The van der Waals surface area contributed by atoms with E-state index in [2.05, 4.69) is 20.3 Å². The first-order chi connectivity index (χ1) is 8.70. The van der Waals surface area contributed by atoms with Gasteiger partial charge in [0.05, 0.1) is 6.61 Å². The lowest BCUT2D eigenvalue weighted by molar-refractivity contribution is 0.328. The van der Waals surface area contributed by atoms with E-state index in [1.165, 1.54) is 6.33 Å². The molecule has 0 spiro atoms. The van der Waals surface area contributed by atoms with Crippen molar-refractivity contribution >= 4 is 17.3 Å². The summed E-state index contributed by atoms with van der Waals surface area (Å²) in [6.07, 6.45) is 3.12. The molecule has 0 bridgehead atoms. The smallest absolute Gasteiger partial charge is 0.242 e. The van der Waals surface area contributed by atoms with Crippen molar-refractivity contribution < 1.29 is 4.74 Å². The average Bonchev–Trinajstić information content (AvgIpc) is 2.35. The molecule has 0 saturated carbocycles. The Hall–Kier alpha value is -2.37. The number of ether oxygens (including phenoxy) is 1. The maximum absolute atomic E-state index is 5.92. The Balaban J connectivity index is 2.26. The zero-order valence-electron chi connectivity index (χ0n) is 10.3. The summed E-state index contributed by atoms with van der Waals surface area (Å²) >= 11 is 0. The summed E-state index contributed by atoms with van der Waals surface area (Å²) in [6.45, 7) is 4.36. The molecule has 2 heterocycles. The monoisotopic (exact) mass is 245 g/mol. The quantitative estimate of drug-likeness (QED) is 0.855. The van der Waals surface area contributed by atoms with E-state index in [0.717, 1.165) is 5.56 Å². The van der Waals surface area contributed by atoms with Crippen molar-refractivity contribution in [2.75, 3.05) is 17.7 Å². The highest BCUT2D eigenvalue weighted by atomic mass is 16.5. The summed E-state index contributed by atoms with van der Waals surface area (Å²) in [7, 11) is 0. The first-order valence-corrected chi connectivity index (χ1v) is 5.63. The summed E-state index contributed by atoms with van der Waals surface area (Å²) in [5.41, 5.74) is 7.39. The molecule has 0 fully saturated rings. The third-order valence-electron chi connectivity index (χ3n) is 2.29. The van der Waals surface area contributed by atoms with E-state index in [1.807, 2.05) is 26.0 Å². The number of aromatic nitrogens is 3. The molecule has 2 aromatic heterocycles. The number of nitrogens with one attached hydrogen (secondary N) is 1. The van der Waals surface area contributed by atoms with Gasteiger partial charge in [0.2, 0.25) is 5.88 Å². The lowest BCUT2D eigenvalue weighted by Gasteiger charge is -2.10. The molecule has 3 N–H and O–H groups in total. The average molecular weight is 245 g/mol. The first kappa shape index (κ1) is 12.1. The summed E-state index contributed by atoms with van der Waals surface area (Å²) in [6, 6.07) is 3.82. The minimum Gasteiger partial charge on any atom is -0.476 e. The van der Waals surface area contributed by atoms with E-state index in [4.69, 9.17) is 10.5 Å². The lowest BCUT2D eigenvalue weighted by atomic mass is 10.3. The van der Waals surface area contributed by atoms with Crippen molar-refractivity contribution in [2.45, 2.75) is 13.8 Å². The van der Waals surface area contributed by atoms with Crippen LogP contribution in [0.5, 0.6) is 5.88 Å². The Morgan fingerprint density at radius 3 is 2.89 bits per heavy atom. The molecular weight excluding hydrogens is 230 g/mol. The van der Waals surface area contributed by atoms with Crippen LogP contribution in [0.15, 0.2) is 24.7 Å². The number of aryl methyl sites for hydroxylation is 1. The van der Waals surface area contributed by atoms with Crippen LogP contribution in [0.3, 0.4) is 0 Å². The normalized spacial score (nSPS) is 10.1. The Kier molecular flexibility index (Phi) is 3.57. The molecule has 18 heavy (non-hydrogen) atoms. The second-order valence-electron chi connectivity index (χ2n) is 3.72. The number of rotatable bonds is 4. The van der Waals surface area contributed by atoms with Crippen LogP contribution in [-0.2, 0) is 0 Å². The zero-order chi connectivity index (χ0) is 13.0. The van der Waals surface area contributed by atoms with Gasteiger partial charge < -0.3 is 15.8 Å². The molecular formula is C12H15N5O. The number of nitrogens with zero attached hydrogens (tertiary/aromatic N) is 3. The fourth-order valence-electron chi connectivity index (χ4n) is 1.46. The molecule has 0 unspecified atom stereocenters. The van der Waals surface area contributed by atoms with Crippen molar-refractivity contribution in [3.05, 3.63) is 30.2 Å². The van der Waals surface area contributed by atoms with Gasteiger partial charge in [-0.15, -0.1) is 0 Å². The number of hydrogen-bond acceptors (Lipinski definition) is 6. The van der Waals surface area contributed by atoms with Crippen LogP contribution in [0, 0.1) is 6.92 Å². The van der Waals surface area contributed by atoms with E-state index in [1.54, 1.807) is 6.20 Å². The molecule has 2 aromatic rings. The fraction of sp³-hybridized carbons (Fsp3) is 0.250. The second kappa shape index (κ2) is 5.31. The predicted octanol–water partition coefficient (Wildman–Crippen LogP) is 1.90. The molecule has 0 aliphatic heterocycles. The lowest BCUT2D eigenvalue weighted by Crippen LogP contribution is -2.05. The van der Waals surface area contributed by atoms with E-state index in [0.29, 0.717) is 29.8 Å². The van der Waals surface area contributed by atoms with Gasteiger partial charge in [0.25, 0.3) is 0 Å². The van der Waals surface area contributed by atoms with Crippen molar-refractivity contribution in [3.63, 3.8) is 0 Å². The fourth-order valence-corrected chi connectivity index (χ4v) is 1.46. The van der Waals surface area contributed by atoms with Gasteiger partial charge in [0, 0.05) is 6.20 Å². The van der Waals surface area contributed by atoms with Crippen LogP contribution in [0.25, 0.3) is 0 Å². The number of nitrogens with two attached hydrogens (primary N) is 1. The number of hydrogen-bond donors (Lipinski definition) is 2. The van der Waals surface area contributed by atoms with Crippen LogP contribution in [0.2, 0.25) is 0 Å². The van der Waals surface area contributed by atoms with Crippen molar-refractivity contribution in [1.82, 2.24) is 15.0 Å². The first-order valence-electron chi connectivity index (χ1n) is 5.63. The SMILES string of the molecule is CCOc1ncnc(Nc2cc(C)ccn2)c1N. The number of anilines is 3. The van der Waals surface area contributed by atoms with E-state index >= 15 is 0 Å². The molecule has 6 heteroatoms. The Morgan fingerprint density at radius 1 is 1.33 bits per heavy atom. The molecule has 6 nitrogen and oxygen atoms in total. The predicted molar refractivity (Wildman–Crippen MR) is 69.9 cm³/mol. The van der Waals surface area contributed by atoms with Crippen LogP contribution in [-0.4, -0.2) is 21.6 Å². The maximum Gasteiger partial charge on any atom is 0.242 e. The van der Waals surface area contributed by atoms with Crippen LogP contribution >= 0.6 is 0 Å². The summed E-state index contributed by atoms with van der Waals surface area (Å²) in [5, 5.41) is 3.04. The standard InChI is InChI=1S/C12H15N5O/c1-3-18-12-10(13)11(15-7-16-12)17-9-6-8(2)4-5-14-9/h4-7H,3,13H2,1-2H3,(H,14,15,16,17). The zero-order valence-corrected chi connectivity index (χ0v) is 10.3. The minimum atomic E-state index is 0.377. The summed E-state index contributed by atoms with van der Waals surface area (Å²) < 4.78 is 5.30. The van der Waals surface area contributed by atoms with Crippen LogP contribution in [0.4, 0.5) is 17.3 Å². The number of nitrogen functional groups attached to an aromatic ring is 1. The Morgan fingerprint density at radius 2 is 2.17 bits per heavy atom. The highest BCUT2D eigenvalue weighted by Crippen LogP contribution is 2.26. The Labute approximate surface area is 105 Å². The number of pyridine rings is 1. The van der Waals surface area contributed by atoms with Gasteiger partial charge in [-0.25, -0.2) is 9.97 Å². The third kappa shape index (κ3) is 2.65. The van der Waals surface area contributed by atoms with Crippen LogP contribution < -0.4 is 15.8 Å². The van der Waals surface area contributed by atoms with Crippen molar-refractivity contribution in [3.8, 4) is 5.88 Å².